The Morgan fingerprint density at radius 2 is 2.45 bits per heavy atom. The maximum absolute atomic E-state index is 12.3. The fourth-order valence-electron chi connectivity index (χ4n) is 2.68. The summed E-state index contributed by atoms with van der Waals surface area (Å²) >= 11 is 0. The lowest BCUT2D eigenvalue weighted by atomic mass is 10.1. The Kier molecular flexibility index (Phi) is 4.19. The zero-order chi connectivity index (χ0) is 15.5. The highest BCUT2D eigenvalue weighted by atomic mass is 16.5. The summed E-state index contributed by atoms with van der Waals surface area (Å²) < 4.78 is 6.85. The molecule has 0 spiro atoms. The van der Waals surface area contributed by atoms with E-state index in [1.807, 2.05) is 11.6 Å². The van der Waals surface area contributed by atoms with Crippen molar-refractivity contribution in [3.05, 3.63) is 24.0 Å². The molecule has 3 heterocycles. The maximum Gasteiger partial charge on any atom is 0.242 e. The maximum atomic E-state index is 12.3. The van der Waals surface area contributed by atoms with E-state index in [0.717, 1.165) is 25.2 Å². The molecule has 0 fully saturated rings. The van der Waals surface area contributed by atoms with E-state index < -0.39 is 0 Å². The van der Waals surface area contributed by atoms with Gasteiger partial charge < -0.3 is 15.2 Å². The fourth-order valence-corrected chi connectivity index (χ4v) is 2.68. The van der Waals surface area contributed by atoms with Gasteiger partial charge in [-0.05, 0) is 19.8 Å². The predicted molar refractivity (Wildman–Crippen MR) is 79.2 cm³/mol. The molecule has 1 aliphatic heterocycles. The van der Waals surface area contributed by atoms with Gasteiger partial charge in [0.1, 0.15) is 17.9 Å². The summed E-state index contributed by atoms with van der Waals surface area (Å²) in [5, 5.41) is 14.2. The van der Waals surface area contributed by atoms with Crippen LogP contribution < -0.4 is 10.6 Å². The van der Waals surface area contributed by atoms with E-state index in [9.17, 15) is 4.79 Å². The molecule has 0 aromatic carbocycles. The van der Waals surface area contributed by atoms with Gasteiger partial charge in [0, 0.05) is 18.5 Å². The van der Waals surface area contributed by atoms with Gasteiger partial charge in [-0.3, -0.25) is 4.79 Å². The average molecular weight is 304 g/mol. The SMILES string of the molecule is CC[C@H](N[C@H]1CCc2ncnn2C1)C(=O)Nc1cc(C)on1. The molecule has 0 bridgehead atoms. The third-order valence-electron chi connectivity index (χ3n) is 3.85. The molecule has 2 aromatic heterocycles. The van der Waals surface area contributed by atoms with Crippen molar-refractivity contribution in [1.29, 1.82) is 0 Å². The predicted octanol–water partition coefficient (Wildman–Crippen LogP) is 0.896. The van der Waals surface area contributed by atoms with Crippen molar-refractivity contribution in [2.75, 3.05) is 5.32 Å². The Balaban J connectivity index is 1.59. The first-order valence-corrected chi connectivity index (χ1v) is 7.52. The second-order valence-corrected chi connectivity index (χ2v) is 5.53. The second-order valence-electron chi connectivity index (χ2n) is 5.53. The Morgan fingerprint density at radius 3 is 3.18 bits per heavy atom. The highest BCUT2D eigenvalue weighted by Crippen LogP contribution is 2.13. The van der Waals surface area contributed by atoms with Gasteiger partial charge in [0.15, 0.2) is 5.82 Å². The molecule has 2 aromatic rings. The zero-order valence-corrected chi connectivity index (χ0v) is 12.7. The number of nitrogens with zero attached hydrogens (tertiary/aromatic N) is 4. The van der Waals surface area contributed by atoms with Gasteiger partial charge in [-0.2, -0.15) is 5.10 Å². The van der Waals surface area contributed by atoms with Crippen molar-refractivity contribution in [3.63, 3.8) is 0 Å². The number of nitrogens with one attached hydrogen (secondary N) is 2. The van der Waals surface area contributed by atoms with Crippen molar-refractivity contribution in [2.45, 2.75) is 51.7 Å². The second kappa shape index (κ2) is 6.27. The summed E-state index contributed by atoms with van der Waals surface area (Å²) in [6.45, 7) is 4.51. The molecule has 2 N–H and O–H groups in total. The minimum Gasteiger partial charge on any atom is -0.360 e. The largest absolute Gasteiger partial charge is 0.360 e. The van der Waals surface area contributed by atoms with Crippen LogP contribution in [0.15, 0.2) is 16.9 Å². The van der Waals surface area contributed by atoms with Gasteiger partial charge >= 0.3 is 0 Å². The van der Waals surface area contributed by atoms with Crippen LogP contribution in [-0.2, 0) is 17.8 Å². The minimum atomic E-state index is -0.271. The molecule has 8 heteroatoms. The first-order valence-electron chi connectivity index (χ1n) is 7.52. The number of amides is 1. The summed E-state index contributed by atoms with van der Waals surface area (Å²) in [5.41, 5.74) is 0. The summed E-state index contributed by atoms with van der Waals surface area (Å²) in [6.07, 6.45) is 4.10. The molecule has 0 radical (unpaired) electrons. The quantitative estimate of drug-likeness (QED) is 0.851. The third kappa shape index (κ3) is 3.16. The van der Waals surface area contributed by atoms with E-state index in [1.165, 1.54) is 0 Å². The van der Waals surface area contributed by atoms with Gasteiger partial charge in [0.25, 0.3) is 0 Å². The number of hydrogen-bond acceptors (Lipinski definition) is 6. The smallest absolute Gasteiger partial charge is 0.242 e. The number of fused-ring (bicyclic) bond motifs is 1. The number of rotatable bonds is 5. The molecule has 8 nitrogen and oxygen atoms in total. The van der Waals surface area contributed by atoms with E-state index >= 15 is 0 Å². The van der Waals surface area contributed by atoms with Gasteiger partial charge in [-0.15, -0.1) is 0 Å². The Morgan fingerprint density at radius 1 is 1.59 bits per heavy atom. The molecule has 22 heavy (non-hydrogen) atoms. The molecule has 0 saturated heterocycles. The van der Waals surface area contributed by atoms with Crippen LogP contribution >= 0.6 is 0 Å². The molecule has 1 aliphatic rings. The number of aromatic nitrogens is 4. The highest BCUT2D eigenvalue weighted by Gasteiger charge is 2.25. The minimum absolute atomic E-state index is 0.0970. The van der Waals surface area contributed by atoms with Gasteiger partial charge in [0.2, 0.25) is 5.91 Å². The van der Waals surface area contributed by atoms with Crippen molar-refractivity contribution >= 4 is 11.7 Å². The van der Waals surface area contributed by atoms with Crippen LogP contribution in [-0.4, -0.2) is 37.9 Å². The fraction of sp³-hybridized carbons (Fsp3) is 0.571. The van der Waals surface area contributed by atoms with Crippen LogP contribution in [0, 0.1) is 6.92 Å². The molecule has 2 atom stereocenters. The van der Waals surface area contributed by atoms with Crippen LogP contribution in [0.25, 0.3) is 0 Å². The Hall–Kier alpha value is -2.22. The van der Waals surface area contributed by atoms with Gasteiger partial charge in [-0.1, -0.05) is 12.1 Å². The molecule has 0 saturated carbocycles. The van der Waals surface area contributed by atoms with E-state index in [0.29, 0.717) is 18.0 Å². The van der Waals surface area contributed by atoms with Crippen molar-refractivity contribution in [2.24, 2.45) is 0 Å². The zero-order valence-electron chi connectivity index (χ0n) is 12.7. The number of carbonyl (C=O) groups excluding carboxylic acids is 1. The normalized spacial score (nSPS) is 18.7. The van der Waals surface area contributed by atoms with E-state index in [-0.39, 0.29) is 18.0 Å². The number of hydrogen-bond donors (Lipinski definition) is 2. The summed E-state index contributed by atoms with van der Waals surface area (Å²) in [6, 6.07) is 1.64. The Bertz CT molecular complexity index is 649. The highest BCUT2D eigenvalue weighted by molar-refractivity contribution is 5.93. The van der Waals surface area contributed by atoms with Crippen LogP contribution in [0.4, 0.5) is 5.82 Å². The average Bonchev–Trinajstić information content (AvgIpc) is 3.12. The first-order chi connectivity index (χ1) is 10.7. The van der Waals surface area contributed by atoms with Gasteiger partial charge in [0.05, 0.1) is 12.6 Å². The topological polar surface area (TPSA) is 97.9 Å². The molecule has 3 rings (SSSR count). The van der Waals surface area contributed by atoms with Crippen LogP contribution in [0.2, 0.25) is 0 Å². The number of aryl methyl sites for hydroxylation is 2. The van der Waals surface area contributed by atoms with Crippen molar-refractivity contribution in [3.8, 4) is 0 Å². The number of anilines is 1. The number of carbonyl (C=O) groups is 1. The molecule has 0 aliphatic carbocycles. The molecule has 0 unspecified atom stereocenters. The molecule has 1 amide bonds. The standard InChI is InChI=1S/C14H20N6O2/c1-3-11(14(21)18-12-6-9(2)22-19-12)17-10-4-5-13-15-8-16-20(13)7-10/h6,8,10-11,17H,3-5,7H2,1-2H3,(H,18,19,21)/t10-,11-/m0/s1. The summed E-state index contributed by atoms with van der Waals surface area (Å²) in [4.78, 5) is 16.5. The van der Waals surface area contributed by atoms with Crippen molar-refractivity contribution < 1.29 is 9.32 Å². The third-order valence-corrected chi connectivity index (χ3v) is 3.85. The van der Waals surface area contributed by atoms with Crippen LogP contribution in [0.5, 0.6) is 0 Å². The first kappa shape index (κ1) is 14.7. The summed E-state index contributed by atoms with van der Waals surface area (Å²) in [7, 11) is 0. The van der Waals surface area contributed by atoms with Gasteiger partial charge in [-0.25, -0.2) is 9.67 Å². The lowest BCUT2D eigenvalue weighted by Crippen LogP contribution is -2.48. The lowest BCUT2D eigenvalue weighted by Gasteiger charge is -2.27. The van der Waals surface area contributed by atoms with E-state index in [1.54, 1.807) is 19.3 Å². The van der Waals surface area contributed by atoms with Crippen LogP contribution in [0.3, 0.4) is 0 Å². The molecule has 118 valence electrons. The summed E-state index contributed by atoms with van der Waals surface area (Å²) in [5.74, 6) is 2.03. The molecular formula is C14H20N6O2. The monoisotopic (exact) mass is 304 g/mol. The van der Waals surface area contributed by atoms with E-state index in [4.69, 9.17) is 4.52 Å². The lowest BCUT2D eigenvalue weighted by molar-refractivity contribution is -0.118. The molecular weight excluding hydrogens is 284 g/mol. The van der Waals surface area contributed by atoms with E-state index in [2.05, 4.69) is 25.9 Å². The van der Waals surface area contributed by atoms with Crippen molar-refractivity contribution in [1.82, 2.24) is 25.2 Å². The van der Waals surface area contributed by atoms with Crippen LogP contribution in [0.1, 0.15) is 31.4 Å². The Labute approximate surface area is 128 Å².